The summed E-state index contributed by atoms with van der Waals surface area (Å²) < 4.78 is 0. The SMILES string of the molecule is CC(C)C1=CC=C(O)C(O)=CC1.CNC1=C(NC)CC=CC=C1.CNC1=C(S)C=CC=CC1.OC1=C(O)CC=CC=C1.OC1=C(S)C=CC=CC1. The summed E-state index contributed by atoms with van der Waals surface area (Å²) in [6, 6.07) is 0. The van der Waals surface area contributed by atoms with E-state index in [-0.39, 0.29) is 23.0 Å². The average Bonchev–Trinajstić information content (AvgIpc) is 3.69. The van der Waals surface area contributed by atoms with E-state index in [0.717, 1.165) is 23.4 Å². The van der Waals surface area contributed by atoms with Crippen LogP contribution >= 0.6 is 25.3 Å². The highest BCUT2D eigenvalue weighted by Crippen LogP contribution is 2.20. The van der Waals surface area contributed by atoms with Gasteiger partial charge in [0, 0.05) is 68.0 Å². The van der Waals surface area contributed by atoms with Crippen LogP contribution in [0.5, 0.6) is 0 Å². The molecule has 0 fully saturated rings. The molecule has 8 nitrogen and oxygen atoms in total. The molecule has 0 spiro atoms. The van der Waals surface area contributed by atoms with Crippen LogP contribution in [0.15, 0.2) is 177 Å². The lowest BCUT2D eigenvalue weighted by Gasteiger charge is -2.08. The molecule has 0 aromatic heterocycles. The number of hydrogen-bond donors (Lipinski definition) is 10. The predicted octanol–water partition coefficient (Wildman–Crippen LogP) is 9.90. The first-order valence-corrected chi connectivity index (χ1v) is 17.6. The van der Waals surface area contributed by atoms with Crippen molar-refractivity contribution in [2.45, 2.75) is 46.0 Å². The van der Waals surface area contributed by atoms with Gasteiger partial charge in [0.2, 0.25) is 0 Å². The van der Waals surface area contributed by atoms with E-state index in [1.165, 1.54) is 29.1 Å². The molecule has 0 amide bonds. The molecule has 0 saturated heterocycles. The van der Waals surface area contributed by atoms with Crippen molar-refractivity contribution in [3.05, 3.63) is 177 Å². The zero-order valence-electron chi connectivity index (χ0n) is 30.2. The lowest BCUT2D eigenvalue weighted by atomic mass is 10.0. The highest BCUT2D eigenvalue weighted by molar-refractivity contribution is 7.85. The molecular weight excluding hydrogens is 679 g/mol. The van der Waals surface area contributed by atoms with Crippen LogP contribution in [0.4, 0.5) is 0 Å². The van der Waals surface area contributed by atoms with E-state index in [1.807, 2.05) is 69.8 Å². The molecule has 0 bridgehead atoms. The van der Waals surface area contributed by atoms with Gasteiger partial charge in [0.15, 0.2) is 17.3 Å². The Bertz CT molecular complexity index is 1560. The van der Waals surface area contributed by atoms with Gasteiger partial charge < -0.3 is 41.5 Å². The van der Waals surface area contributed by atoms with Gasteiger partial charge in [-0.2, -0.15) is 0 Å². The first-order valence-electron chi connectivity index (χ1n) is 16.7. The summed E-state index contributed by atoms with van der Waals surface area (Å²) >= 11 is 8.32. The molecule has 5 aliphatic carbocycles. The second-order valence-electron chi connectivity index (χ2n) is 11.4. The Balaban J connectivity index is 0.000000320. The molecule has 0 radical (unpaired) electrons. The number of aliphatic hydroxyl groups is 5. The zero-order valence-corrected chi connectivity index (χ0v) is 32.0. The Kier molecular flexibility index (Phi) is 22.6. The van der Waals surface area contributed by atoms with Gasteiger partial charge in [-0.1, -0.05) is 98.4 Å². The minimum Gasteiger partial charge on any atom is -0.511 e. The second kappa shape index (κ2) is 26.1. The molecule has 276 valence electrons. The first kappa shape index (κ1) is 44.2. The van der Waals surface area contributed by atoms with Gasteiger partial charge in [-0.3, -0.25) is 0 Å². The highest BCUT2D eigenvalue weighted by Gasteiger charge is 2.07. The Morgan fingerprint density at radius 1 is 0.529 bits per heavy atom. The van der Waals surface area contributed by atoms with E-state index >= 15 is 0 Å². The van der Waals surface area contributed by atoms with Crippen molar-refractivity contribution in [3.8, 4) is 0 Å². The van der Waals surface area contributed by atoms with Crippen molar-refractivity contribution in [3.63, 3.8) is 0 Å². The quantitative estimate of drug-likeness (QED) is 0.129. The number of hydrogen-bond acceptors (Lipinski definition) is 10. The average molecular weight is 734 g/mol. The summed E-state index contributed by atoms with van der Waals surface area (Å²) in [6.07, 6.45) is 39.1. The molecule has 0 saturated carbocycles. The van der Waals surface area contributed by atoms with E-state index in [9.17, 15) is 0 Å². The van der Waals surface area contributed by atoms with Crippen LogP contribution < -0.4 is 16.0 Å². The fraction of sp³-hybridized carbons (Fsp3) is 0.268. The van der Waals surface area contributed by atoms with E-state index < -0.39 is 0 Å². The molecule has 5 aliphatic rings. The number of likely N-dealkylation sites (N-methyl/N-ethyl adjacent to an activating group) is 1. The van der Waals surface area contributed by atoms with Crippen LogP contribution in [0.3, 0.4) is 0 Å². The highest BCUT2D eigenvalue weighted by atomic mass is 32.1. The number of aliphatic hydroxyl groups excluding tert-OH is 5. The topological polar surface area (TPSA) is 137 Å². The molecule has 0 heterocycles. The van der Waals surface area contributed by atoms with Crippen molar-refractivity contribution in [2.75, 3.05) is 21.1 Å². The van der Waals surface area contributed by atoms with Gasteiger partial charge in [0.25, 0.3) is 0 Å². The lowest BCUT2D eigenvalue weighted by Crippen LogP contribution is -2.15. The third-order valence-electron chi connectivity index (χ3n) is 7.37. The number of thiol groups is 2. The normalized spacial score (nSPS) is 17.7. The van der Waals surface area contributed by atoms with Crippen LogP contribution in [0.1, 0.15) is 46.0 Å². The molecule has 5 rings (SSSR count). The molecule has 0 aromatic rings. The van der Waals surface area contributed by atoms with Crippen molar-refractivity contribution >= 4 is 25.3 Å². The molecule has 51 heavy (non-hydrogen) atoms. The Hall–Kier alpha value is -4.80. The van der Waals surface area contributed by atoms with E-state index in [2.05, 4.69) is 79.4 Å². The summed E-state index contributed by atoms with van der Waals surface area (Å²) in [5.41, 5.74) is 4.79. The van der Waals surface area contributed by atoms with Crippen molar-refractivity contribution in [1.29, 1.82) is 0 Å². The van der Waals surface area contributed by atoms with Crippen LogP contribution in [-0.2, 0) is 0 Å². The molecule has 8 N–H and O–H groups in total. The van der Waals surface area contributed by atoms with Crippen LogP contribution in [-0.4, -0.2) is 46.7 Å². The van der Waals surface area contributed by atoms with Crippen molar-refractivity contribution < 1.29 is 25.5 Å². The number of allylic oxidation sites excluding steroid dienone is 20. The molecule has 0 unspecified atom stereocenters. The third kappa shape index (κ3) is 18.7. The number of rotatable bonds is 4. The van der Waals surface area contributed by atoms with Crippen molar-refractivity contribution in [1.82, 2.24) is 16.0 Å². The smallest absolute Gasteiger partial charge is 0.157 e. The maximum Gasteiger partial charge on any atom is 0.157 e. The maximum absolute atomic E-state index is 9.17. The van der Waals surface area contributed by atoms with Crippen LogP contribution in [0.2, 0.25) is 0 Å². The predicted molar refractivity (Wildman–Crippen MR) is 222 cm³/mol. The Labute approximate surface area is 315 Å². The van der Waals surface area contributed by atoms with Gasteiger partial charge >= 0.3 is 0 Å². The summed E-state index contributed by atoms with van der Waals surface area (Å²) in [4.78, 5) is 1.67. The number of nitrogens with one attached hydrogen (secondary N) is 3. The van der Waals surface area contributed by atoms with E-state index in [0.29, 0.717) is 35.8 Å². The van der Waals surface area contributed by atoms with Crippen LogP contribution in [0.25, 0.3) is 0 Å². The Morgan fingerprint density at radius 3 is 1.61 bits per heavy atom. The molecule has 0 aliphatic heterocycles. The molecular formula is C41H55N3O5S2. The second-order valence-corrected chi connectivity index (χ2v) is 12.3. The van der Waals surface area contributed by atoms with Gasteiger partial charge in [-0.25, -0.2) is 0 Å². The van der Waals surface area contributed by atoms with Crippen LogP contribution in [0, 0.1) is 5.92 Å². The summed E-state index contributed by atoms with van der Waals surface area (Å²) in [5, 5.41) is 54.5. The third-order valence-corrected chi connectivity index (χ3v) is 8.20. The summed E-state index contributed by atoms with van der Waals surface area (Å²) in [7, 11) is 5.79. The zero-order chi connectivity index (χ0) is 38.0. The van der Waals surface area contributed by atoms with Crippen molar-refractivity contribution in [2.24, 2.45) is 5.92 Å². The summed E-state index contributed by atoms with van der Waals surface area (Å²) in [6.45, 7) is 4.18. The van der Waals surface area contributed by atoms with Gasteiger partial charge in [-0.15, -0.1) is 25.3 Å². The first-order chi connectivity index (χ1) is 24.4. The van der Waals surface area contributed by atoms with E-state index in [1.54, 1.807) is 30.4 Å². The van der Waals surface area contributed by atoms with Gasteiger partial charge in [0.1, 0.15) is 11.5 Å². The Morgan fingerprint density at radius 2 is 1.04 bits per heavy atom. The fourth-order valence-electron chi connectivity index (χ4n) is 4.24. The molecule has 10 heteroatoms. The summed E-state index contributed by atoms with van der Waals surface area (Å²) in [5.74, 6) is 0.701. The molecule has 0 atom stereocenters. The lowest BCUT2D eigenvalue weighted by molar-refractivity contribution is 0.326. The van der Waals surface area contributed by atoms with Gasteiger partial charge in [-0.05, 0) is 48.8 Å². The van der Waals surface area contributed by atoms with E-state index in [4.69, 9.17) is 25.5 Å². The maximum atomic E-state index is 9.17. The monoisotopic (exact) mass is 733 g/mol. The van der Waals surface area contributed by atoms with Gasteiger partial charge in [0.05, 0.1) is 5.70 Å². The largest absolute Gasteiger partial charge is 0.511 e. The fourth-order valence-corrected chi connectivity index (χ4v) is 4.71. The minimum absolute atomic E-state index is 0.0260. The molecule has 0 aromatic carbocycles. The minimum atomic E-state index is -0.0503. The standard InChI is InChI=1S/C10H14O2.C9H14N2.C8H11NS.C7H8O2.C7H8OS/c1-7(2)8-3-5-9(11)10(12)6-4-8;1-10-8-6-4-3-5-7-9(8)11-2;1-9-7-5-3-2-4-6-8(7)10;2*8-6-4-2-1-3-5-7(6)9/h3,5-7,11-12H,4H2,1-2H3;3-6,10-11H,7H2,1-2H3;2-4,6,9-10H,5H2,1H3;1-4,8-9H,5H2;1-3,5,8-9H,4H2.